The predicted molar refractivity (Wildman–Crippen MR) is 120 cm³/mol. The maximum atomic E-state index is 9.62. The number of hydrogen-bond acceptors (Lipinski definition) is 5. The Bertz CT molecular complexity index is 1010. The zero-order valence-electron chi connectivity index (χ0n) is 16.6. The highest BCUT2D eigenvalue weighted by molar-refractivity contribution is 6.30. The largest absolute Gasteiger partial charge is 0.508 e. The van der Waals surface area contributed by atoms with E-state index in [4.69, 9.17) is 16.3 Å². The molecule has 0 aliphatic carbocycles. The van der Waals surface area contributed by atoms with Crippen molar-refractivity contribution in [1.29, 1.82) is 0 Å². The fraction of sp³-hybridized carbons (Fsp3) is 0.250. The van der Waals surface area contributed by atoms with Gasteiger partial charge in [0.15, 0.2) is 0 Å². The number of morpholine rings is 1. The molecule has 3 heterocycles. The first kappa shape index (κ1) is 19.2. The summed E-state index contributed by atoms with van der Waals surface area (Å²) in [6.07, 6.45) is 6.60. The summed E-state index contributed by atoms with van der Waals surface area (Å²) in [5.41, 5.74) is 5.70. The van der Waals surface area contributed by atoms with E-state index in [0.29, 0.717) is 0 Å². The number of phenolic OH excluding ortho intramolecular Hbond substituents is 1. The molecule has 154 valence electrons. The summed E-state index contributed by atoms with van der Waals surface area (Å²) in [5, 5.41) is 14.0. The second kappa shape index (κ2) is 8.19. The number of nitrogens with one attached hydrogen (secondary N) is 1. The summed E-state index contributed by atoms with van der Waals surface area (Å²) in [6, 6.07) is 15.3. The fourth-order valence-electron chi connectivity index (χ4n) is 4.11. The maximum absolute atomic E-state index is 9.62. The zero-order chi connectivity index (χ0) is 20.5. The van der Waals surface area contributed by atoms with Crippen molar-refractivity contribution in [1.82, 2.24) is 15.1 Å². The van der Waals surface area contributed by atoms with Crippen molar-refractivity contribution < 1.29 is 9.84 Å². The lowest BCUT2D eigenvalue weighted by Gasteiger charge is -2.32. The molecule has 1 unspecified atom stereocenters. The van der Waals surface area contributed by atoms with E-state index in [1.54, 1.807) is 12.1 Å². The number of ether oxygens (including phenoxy) is 1. The molecule has 6 heteroatoms. The second-order valence-corrected chi connectivity index (χ2v) is 8.14. The van der Waals surface area contributed by atoms with Crippen molar-refractivity contribution in [3.05, 3.63) is 88.7 Å². The molecule has 0 spiro atoms. The third-order valence-electron chi connectivity index (χ3n) is 5.74. The van der Waals surface area contributed by atoms with Gasteiger partial charge in [-0.05, 0) is 47.0 Å². The lowest BCUT2D eigenvalue weighted by atomic mass is 10.0. The molecule has 2 aromatic carbocycles. The molecule has 1 fully saturated rings. The molecule has 0 radical (unpaired) electrons. The van der Waals surface area contributed by atoms with E-state index < -0.39 is 0 Å². The van der Waals surface area contributed by atoms with Crippen LogP contribution in [0.1, 0.15) is 11.1 Å². The first-order valence-corrected chi connectivity index (χ1v) is 10.6. The minimum Gasteiger partial charge on any atom is -0.508 e. The van der Waals surface area contributed by atoms with Gasteiger partial charge in [0.25, 0.3) is 0 Å². The van der Waals surface area contributed by atoms with Crippen LogP contribution in [-0.4, -0.2) is 53.9 Å². The second-order valence-electron chi connectivity index (χ2n) is 7.70. The van der Waals surface area contributed by atoms with Gasteiger partial charge >= 0.3 is 0 Å². The molecule has 0 aromatic heterocycles. The number of aromatic hydroxyl groups is 1. The molecule has 0 bridgehead atoms. The smallest absolute Gasteiger partial charge is 0.123 e. The fourth-order valence-corrected chi connectivity index (χ4v) is 4.23. The van der Waals surface area contributed by atoms with Crippen molar-refractivity contribution in [3.8, 4) is 5.75 Å². The van der Waals surface area contributed by atoms with Crippen molar-refractivity contribution in [3.63, 3.8) is 0 Å². The summed E-state index contributed by atoms with van der Waals surface area (Å²) in [5.74, 6) is 0.276. The summed E-state index contributed by atoms with van der Waals surface area (Å²) in [7, 11) is 0. The van der Waals surface area contributed by atoms with Crippen LogP contribution in [0.4, 0.5) is 0 Å². The number of allylic oxidation sites excluding steroid dienone is 2. The van der Waals surface area contributed by atoms with Crippen LogP contribution >= 0.6 is 11.6 Å². The van der Waals surface area contributed by atoms with Gasteiger partial charge in [-0.3, -0.25) is 4.90 Å². The van der Waals surface area contributed by atoms with Crippen LogP contribution in [0.3, 0.4) is 0 Å². The highest BCUT2D eigenvalue weighted by atomic mass is 35.5. The number of rotatable bonds is 4. The van der Waals surface area contributed by atoms with E-state index in [-0.39, 0.29) is 11.9 Å². The molecule has 30 heavy (non-hydrogen) atoms. The van der Waals surface area contributed by atoms with Crippen molar-refractivity contribution in [2.75, 3.05) is 32.8 Å². The van der Waals surface area contributed by atoms with Crippen molar-refractivity contribution in [2.45, 2.75) is 6.17 Å². The Kier molecular flexibility index (Phi) is 5.25. The third-order valence-corrected chi connectivity index (χ3v) is 5.99. The molecule has 3 aliphatic rings. The minimum atomic E-state index is 0.0765. The maximum Gasteiger partial charge on any atom is 0.123 e. The summed E-state index contributed by atoms with van der Waals surface area (Å²) < 4.78 is 5.53. The standard InChI is InChI=1S/C24H24ClN3O2/c25-20-6-1-18(2-7-20)24-22(16-27-11-13-30-14-12-27)28-15-19(5-10-23(28)26-24)17-3-8-21(29)9-4-17/h1-10,15,23,26,29H,11-14,16H2. The van der Waals surface area contributed by atoms with Gasteiger partial charge in [-0.1, -0.05) is 41.9 Å². The number of phenols is 1. The lowest BCUT2D eigenvalue weighted by Crippen LogP contribution is -2.40. The van der Waals surface area contributed by atoms with Crippen molar-refractivity contribution >= 4 is 22.9 Å². The van der Waals surface area contributed by atoms with Gasteiger partial charge in [-0.15, -0.1) is 0 Å². The molecule has 2 aromatic rings. The van der Waals surface area contributed by atoms with E-state index in [2.05, 4.69) is 45.6 Å². The SMILES string of the molecule is Oc1ccc(C2=CN3C(CN4CCOCC4)=C(c4ccc(Cl)cc4)NC3C=C2)cc1. The summed E-state index contributed by atoms with van der Waals surface area (Å²) in [4.78, 5) is 4.76. The number of benzene rings is 2. The molecular formula is C24H24ClN3O2. The molecular weight excluding hydrogens is 398 g/mol. The molecule has 5 nitrogen and oxygen atoms in total. The molecule has 2 N–H and O–H groups in total. The van der Waals surface area contributed by atoms with Gasteiger partial charge in [-0.2, -0.15) is 0 Å². The Labute approximate surface area is 181 Å². The van der Waals surface area contributed by atoms with Gasteiger partial charge in [-0.25, -0.2) is 0 Å². The predicted octanol–water partition coefficient (Wildman–Crippen LogP) is 3.89. The van der Waals surface area contributed by atoms with Crippen LogP contribution in [0.5, 0.6) is 5.75 Å². The molecule has 5 rings (SSSR count). The van der Waals surface area contributed by atoms with Gasteiger partial charge in [0.05, 0.1) is 24.6 Å². The van der Waals surface area contributed by atoms with Crippen LogP contribution in [0.2, 0.25) is 5.02 Å². The summed E-state index contributed by atoms with van der Waals surface area (Å²) in [6.45, 7) is 4.25. The first-order chi connectivity index (χ1) is 14.7. The van der Waals surface area contributed by atoms with Gasteiger partial charge < -0.3 is 20.1 Å². The topological polar surface area (TPSA) is 48.0 Å². The van der Waals surface area contributed by atoms with Gasteiger partial charge in [0.1, 0.15) is 11.9 Å². The van der Waals surface area contributed by atoms with Crippen LogP contribution in [0.15, 0.2) is 72.6 Å². The first-order valence-electron chi connectivity index (χ1n) is 10.2. The Morgan fingerprint density at radius 2 is 1.70 bits per heavy atom. The van der Waals surface area contributed by atoms with E-state index in [9.17, 15) is 5.11 Å². The van der Waals surface area contributed by atoms with E-state index in [1.165, 1.54) is 5.70 Å². The van der Waals surface area contributed by atoms with E-state index >= 15 is 0 Å². The monoisotopic (exact) mass is 421 g/mol. The van der Waals surface area contributed by atoms with Gasteiger partial charge in [0, 0.05) is 30.9 Å². The van der Waals surface area contributed by atoms with E-state index in [1.807, 2.05) is 24.3 Å². The lowest BCUT2D eigenvalue weighted by molar-refractivity contribution is 0.0401. The Hall–Kier alpha value is -2.73. The van der Waals surface area contributed by atoms with Gasteiger partial charge in [0.2, 0.25) is 0 Å². The van der Waals surface area contributed by atoms with Crippen LogP contribution < -0.4 is 5.32 Å². The van der Waals surface area contributed by atoms with E-state index in [0.717, 1.165) is 60.3 Å². The molecule has 1 atom stereocenters. The Morgan fingerprint density at radius 1 is 1.00 bits per heavy atom. The zero-order valence-corrected chi connectivity index (χ0v) is 17.3. The molecule has 0 amide bonds. The normalized spacial score (nSPS) is 21.4. The average Bonchev–Trinajstić information content (AvgIpc) is 3.13. The number of nitrogens with zero attached hydrogens (tertiary/aromatic N) is 2. The number of hydrogen-bond donors (Lipinski definition) is 2. The quantitative estimate of drug-likeness (QED) is 0.784. The van der Waals surface area contributed by atoms with Crippen LogP contribution in [0, 0.1) is 0 Å². The third kappa shape index (κ3) is 3.84. The Morgan fingerprint density at radius 3 is 2.43 bits per heavy atom. The van der Waals surface area contributed by atoms with Crippen LogP contribution in [-0.2, 0) is 4.74 Å². The minimum absolute atomic E-state index is 0.0765. The molecule has 1 saturated heterocycles. The van der Waals surface area contributed by atoms with Crippen molar-refractivity contribution in [2.24, 2.45) is 0 Å². The number of fused-ring (bicyclic) bond motifs is 1. The summed E-state index contributed by atoms with van der Waals surface area (Å²) >= 11 is 6.12. The highest BCUT2D eigenvalue weighted by Crippen LogP contribution is 2.34. The van der Waals surface area contributed by atoms with Crippen LogP contribution in [0.25, 0.3) is 11.3 Å². The molecule has 3 aliphatic heterocycles. The number of halogens is 1. The average molecular weight is 422 g/mol. The Balaban J connectivity index is 1.52. The molecule has 0 saturated carbocycles. The highest BCUT2D eigenvalue weighted by Gasteiger charge is 2.32.